The van der Waals surface area contributed by atoms with Crippen molar-refractivity contribution in [3.05, 3.63) is 42.2 Å². The Kier molecular flexibility index (Phi) is 1.47. The minimum absolute atomic E-state index is 0.841. The molecule has 0 saturated heterocycles. The SMILES string of the molecule is Cc1cc2ccccc2c[n+]1O. The fourth-order valence-electron chi connectivity index (χ4n) is 1.28. The van der Waals surface area contributed by atoms with Crippen molar-refractivity contribution < 1.29 is 9.94 Å². The topological polar surface area (TPSA) is 24.1 Å². The highest BCUT2D eigenvalue weighted by Crippen LogP contribution is 2.11. The summed E-state index contributed by atoms with van der Waals surface area (Å²) in [5.41, 5.74) is 0.841. The summed E-state index contributed by atoms with van der Waals surface area (Å²) in [6.45, 7) is 1.87. The highest BCUT2D eigenvalue weighted by atomic mass is 16.5. The number of fused-ring (bicyclic) bond motifs is 1. The molecule has 1 aromatic carbocycles. The number of hydrogen-bond acceptors (Lipinski definition) is 1. The standard InChI is InChI=1S/C10H10NO/c1-8-6-9-4-2-3-5-10(9)7-11(8)12/h2-7,12H,1H3/q+1. The van der Waals surface area contributed by atoms with Crippen molar-refractivity contribution in [1.82, 2.24) is 0 Å². The van der Waals surface area contributed by atoms with Gasteiger partial charge in [-0.15, -0.1) is 0 Å². The van der Waals surface area contributed by atoms with Crippen LogP contribution in [0.5, 0.6) is 0 Å². The van der Waals surface area contributed by atoms with E-state index in [-0.39, 0.29) is 0 Å². The van der Waals surface area contributed by atoms with E-state index in [1.807, 2.05) is 37.3 Å². The van der Waals surface area contributed by atoms with Gasteiger partial charge in [0.1, 0.15) is 0 Å². The zero-order chi connectivity index (χ0) is 8.55. The van der Waals surface area contributed by atoms with Gasteiger partial charge in [-0.2, -0.15) is 0 Å². The number of benzene rings is 1. The molecule has 0 unspecified atom stereocenters. The van der Waals surface area contributed by atoms with Gasteiger partial charge in [-0.1, -0.05) is 18.2 Å². The first-order valence-electron chi connectivity index (χ1n) is 3.88. The maximum atomic E-state index is 9.33. The smallest absolute Gasteiger partial charge is 0.231 e. The van der Waals surface area contributed by atoms with Crippen LogP contribution >= 0.6 is 0 Å². The van der Waals surface area contributed by atoms with Crippen molar-refractivity contribution in [1.29, 1.82) is 0 Å². The van der Waals surface area contributed by atoms with Gasteiger partial charge in [0, 0.05) is 17.7 Å². The third-order valence-electron chi connectivity index (χ3n) is 1.98. The van der Waals surface area contributed by atoms with Gasteiger partial charge in [-0.3, -0.25) is 5.21 Å². The normalized spacial score (nSPS) is 10.4. The summed E-state index contributed by atoms with van der Waals surface area (Å²) in [6, 6.07) is 9.90. The summed E-state index contributed by atoms with van der Waals surface area (Å²) in [5, 5.41) is 11.5. The Balaban J connectivity index is 2.84. The molecule has 0 amide bonds. The predicted octanol–water partition coefficient (Wildman–Crippen LogP) is 1.67. The lowest BCUT2D eigenvalue weighted by Gasteiger charge is -1.94. The molecule has 2 rings (SSSR count). The third-order valence-corrected chi connectivity index (χ3v) is 1.98. The monoisotopic (exact) mass is 160 g/mol. The molecule has 1 N–H and O–H groups in total. The lowest BCUT2D eigenvalue weighted by molar-refractivity contribution is -0.907. The van der Waals surface area contributed by atoms with Crippen LogP contribution in [0.25, 0.3) is 10.8 Å². The van der Waals surface area contributed by atoms with E-state index in [1.165, 1.54) is 0 Å². The van der Waals surface area contributed by atoms with Gasteiger partial charge < -0.3 is 0 Å². The van der Waals surface area contributed by atoms with Gasteiger partial charge in [0.15, 0.2) is 0 Å². The second-order valence-corrected chi connectivity index (χ2v) is 2.89. The Labute approximate surface area is 70.7 Å². The first kappa shape index (κ1) is 7.10. The number of pyridine rings is 1. The van der Waals surface area contributed by atoms with Crippen LogP contribution in [0, 0.1) is 6.92 Å². The summed E-state index contributed by atoms with van der Waals surface area (Å²) >= 11 is 0. The quantitative estimate of drug-likeness (QED) is 0.460. The molecule has 12 heavy (non-hydrogen) atoms. The van der Waals surface area contributed by atoms with Crippen LogP contribution in [0.4, 0.5) is 0 Å². The minimum atomic E-state index is 0.841. The van der Waals surface area contributed by atoms with Crippen LogP contribution < -0.4 is 4.73 Å². The Morgan fingerprint density at radius 1 is 1.17 bits per heavy atom. The van der Waals surface area contributed by atoms with E-state index in [4.69, 9.17) is 0 Å². The molecule has 0 aliphatic rings. The highest BCUT2D eigenvalue weighted by Gasteiger charge is 2.05. The van der Waals surface area contributed by atoms with Crippen molar-refractivity contribution in [3.63, 3.8) is 0 Å². The summed E-state index contributed by atoms with van der Waals surface area (Å²) in [4.78, 5) is 0. The van der Waals surface area contributed by atoms with Gasteiger partial charge in [-0.05, 0) is 11.5 Å². The van der Waals surface area contributed by atoms with Crippen molar-refractivity contribution in [2.24, 2.45) is 0 Å². The number of hydrogen-bond donors (Lipinski definition) is 1. The van der Waals surface area contributed by atoms with E-state index in [0.29, 0.717) is 0 Å². The van der Waals surface area contributed by atoms with Gasteiger partial charge in [-0.25, -0.2) is 0 Å². The molecule has 1 aromatic heterocycles. The molecular weight excluding hydrogens is 150 g/mol. The maximum absolute atomic E-state index is 9.33. The number of rotatable bonds is 0. The van der Waals surface area contributed by atoms with Crippen molar-refractivity contribution in [2.75, 3.05) is 0 Å². The molecule has 0 bridgehead atoms. The van der Waals surface area contributed by atoms with Gasteiger partial charge in [0.05, 0.1) is 5.39 Å². The van der Waals surface area contributed by atoms with Crippen LogP contribution in [0.3, 0.4) is 0 Å². The first-order valence-corrected chi connectivity index (χ1v) is 3.88. The van der Waals surface area contributed by atoms with Gasteiger partial charge in [0.2, 0.25) is 11.9 Å². The summed E-state index contributed by atoms with van der Waals surface area (Å²) in [5.74, 6) is 0. The van der Waals surface area contributed by atoms with E-state index >= 15 is 0 Å². The number of aryl methyl sites for hydroxylation is 1. The lowest BCUT2D eigenvalue weighted by atomic mass is 10.1. The molecule has 0 radical (unpaired) electrons. The molecule has 0 spiro atoms. The maximum Gasteiger partial charge on any atom is 0.231 e. The van der Waals surface area contributed by atoms with Crippen molar-refractivity contribution >= 4 is 10.8 Å². The Morgan fingerprint density at radius 2 is 1.83 bits per heavy atom. The first-order chi connectivity index (χ1) is 5.77. The van der Waals surface area contributed by atoms with Crippen molar-refractivity contribution in [3.8, 4) is 0 Å². The molecular formula is C10H10NO+. The Morgan fingerprint density at radius 3 is 2.58 bits per heavy atom. The van der Waals surface area contributed by atoms with Crippen LogP contribution in [-0.4, -0.2) is 5.21 Å². The van der Waals surface area contributed by atoms with Crippen LogP contribution in [0.2, 0.25) is 0 Å². The molecule has 0 aliphatic heterocycles. The summed E-state index contributed by atoms with van der Waals surface area (Å²) in [7, 11) is 0. The van der Waals surface area contributed by atoms with Crippen LogP contribution in [0.1, 0.15) is 5.69 Å². The lowest BCUT2D eigenvalue weighted by Crippen LogP contribution is -2.32. The summed E-state index contributed by atoms with van der Waals surface area (Å²) in [6.07, 6.45) is 1.71. The molecule has 2 aromatic rings. The highest BCUT2D eigenvalue weighted by molar-refractivity contribution is 5.80. The largest absolute Gasteiger partial charge is 0.285 e. The second kappa shape index (κ2) is 2.48. The number of nitrogens with zero attached hydrogens (tertiary/aromatic N) is 1. The molecule has 2 nitrogen and oxygen atoms in total. The zero-order valence-electron chi connectivity index (χ0n) is 6.86. The fraction of sp³-hybridized carbons (Fsp3) is 0.100. The second-order valence-electron chi connectivity index (χ2n) is 2.89. The van der Waals surface area contributed by atoms with Crippen LogP contribution in [-0.2, 0) is 0 Å². The average Bonchev–Trinajstić information content (AvgIpc) is 2.07. The number of aromatic nitrogens is 1. The van der Waals surface area contributed by atoms with E-state index in [0.717, 1.165) is 21.2 Å². The average molecular weight is 160 g/mol. The molecule has 0 atom stereocenters. The Bertz CT molecular complexity index is 383. The molecule has 1 heterocycles. The van der Waals surface area contributed by atoms with E-state index in [2.05, 4.69) is 0 Å². The third kappa shape index (κ3) is 1.01. The van der Waals surface area contributed by atoms with E-state index < -0.39 is 0 Å². The minimum Gasteiger partial charge on any atom is -0.285 e. The zero-order valence-corrected chi connectivity index (χ0v) is 6.86. The van der Waals surface area contributed by atoms with Gasteiger partial charge >= 0.3 is 0 Å². The molecule has 2 heteroatoms. The van der Waals surface area contributed by atoms with E-state index in [9.17, 15) is 5.21 Å². The van der Waals surface area contributed by atoms with Crippen LogP contribution in [0.15, 0.2) is 36.5 Å². The molecule has 0 fully saturated rings. The fourth-order valence-corrected chi connectivity index (χ4v) is 1.28. The Hall–Kier alpha value is -1.57. The molecule has 0 aliphatic carbocycles. The molecule has 0 saturated carbocycles. The summed E-state index contributed by atoms with van der Waals surface area (Å²) < 4.78 is 1.14. The van der Waals surface area contributed by atoms with E-state index in [1.54, 1.807) is 6.20 Å². The predicted molar refractivity (Wildman–Crippen MR) is 46.1 cm³/mol. The van der Waals surface area contributed by atoms with Gasteiger partial charge in [0.25, 0.3) is 0 Å². The van der Waals surface area contributed by atoms with Crippen molar-refractivity contribution in [2.45, 2.75) is 6.92 Å². The molecule has 60 valence electrons.